The van der Waals surface area contributed by atoms with E-state index in [9.17, 15) is 0 Å². The highest BCUT2D eigenvalue weighted by atomic mass is 32.1. The Bertz CT molecular complexity index is 567. The van der Waals surface area contributed by atoms with Gasteiger partial charge in [-0.2, -0.15) is 4.98 Å². The first-order chi connectivity index (χ1) is 7.00. The van der Waals surface area contributed by atoms with Crippen molar-refractivity contribution in [2.45, 2.75) is 6.92 Å². The molecule has 2 aromatic rings. The van der Waals surface area contributed by atoms with Crippen LogP contribution in [0.5, 0.6) is 0 Å². The molecule has 0 radical (unpaired) electrons. The van der Waals surface area contributed by atoms with E-state index < -0.39 is 0 Å². The van der Waals surface area contributed by atoms with Gasteiger partial charge in [-0.05, 0) is 19.1 Å². The molecule has 0 aliphatic heterocycles. The SMILES string of the molecule is Cc1nc(N(C)C)nc2c1sc(=S)n2C. The molecule has 6 heteroatoms. The molecule has 2 aromatic heterocycles. The Morgan fingerprint density at radius 2 is 2.00 bits per heavy atom. The summed E-state index contributed by atoms with van der Waals surface area (Å²) in [7, 11) is 5.80. The van der Waals surface area contributed by atoms with E-state index in [0.29, 0.717) is 0 Å². The summed E-state index contributed by atoms with van der Waals surface area (Å²) in [5, 5.41) is 0. The lowest BCUT2D eigenvalue weighted by atomic mass is 10.4. The summed E-state index contributed by atoms with van der Waals surface area (Å²) < 4.78 is 3.84. The predicted octanol–water partition coefficient (Wildman–Crippen LogP) is 2.13. The number of thiazole rings is 1. The Labute approximate surface area is 97.2 Å². The van der Waals surface area contributed by atoms with Gasteiger partial charge in [0.1, 0.15) is 0 Å². The summed E-state index contributed by atoms with van der Waals surface area (Å²) in [6, 6.07) is 0. The van der Waals surface area contributed by atoms with Crippen molar-refractivity contribution in [3.05, 3.63) is 9.65 Å². The molecule has 0 aliphatic rings. The second kappa shape index (κ2) is 3.53. The fraction of sp³-hybridized carbons (Fsp3) is 0.444. The summed E-state index contributed by atoms with van der Waals surface area (Å²) >= 11 is 6.78. The van der Waals surface area contributed by atoms with Crippen LogP contribution in [-0.4, -0.2) is 28.6 Å². The number of hydrogen-bond acceptors (Lipinski definition) is 5. The average Bonchev–Trinajstić information content (AvgIpc) is 2.45. The zero-order chi connectivity index (χ0) is 11.2. The van der Waals surface area contributed by atoms with E-state index in [0.717, 1.165) is 25.9 Å². The first-order valence-electron chi connectivity index (χ1n) is 4.52. The van der Waals surface area contributed by atoms with E-state index in [4.69, 9.17) is 12.2 Å². The predicted molar refractivity (Wildman–Crippen MR) is 66.3 cm³/mol. The Balaban J connectivity index is 2.85. The van der Waals surface area contributed by atoms with Gasteiger partial charge in [0, 0.05) is 21.1 Å². The molecule has 0 saturated carbocycles. The van der Waals surface area contributed by atoms with E-state index in [1.165, 1.54) is 0 Å². The van der Waals surface area contributed by atoms with Crippen LogP contribution in [0, 0.1) is 10.9 Å². The highest BCUT2D eigenvalue weighted by Gasteiger charge is 2.10. The summed E-state index contributed by atoms with van der Waals surface area (Å²) in [4.78, 5) is 10.8. The lowest BCUT2D eigenvalue weighted by molar-refractivity contribution is 0.919. The minimum absolute atomic E-state index is 0.725. The molecule has 0 atom stereocenters. The average molecular weight is 240 g/mol. The van der Waals surface area contributed by atoms with Crippen LogP contribution >= 0.6 is 23.6 Å². The zero-order valence-electron chi connectivity index (χ0n) is 9.11. The van der Waals surface area contributed by atoms with Gasteiger partial charge < -0.3 is 9.47 Å². The minimum Gasteiger partial charge on any atom is -0.347 e. The second-order valence-electron chi connectivity index (χ2n) is 3.58. The highest BCUT2D eigenvalue weighted by molar-refractivity contribution is 7.73. The summed E-state index contributed by atoms with van der Waals surface area (Å²) in [5.41, 5.74) is 1.90. The quantitative estimate of drug-likeness (QED) is 0.715. The van der Waals surface area contributed by atoms with Gasteiger partial charge in [0.05, 0.1) is 10.4 Å². The number of rotatable bonds is 1. The van der Waals surface area contributed by atoms with E-state index in [1.807, 2.05) is 37.5 Å². The van der Waals surface area contributed by atoms with Crippen LogP contribution in [0.15, 0.2) is 0 Å². The number of hydrogen-bond donors (Lipinski definition) is 0. The number of aromatic nitrogens is 3. The van der Waals surface area contributed by atoms with Crippen molar-refractivity contribution in [2.75, 3.05) is 19.0 Å². The van der Waals surface area contributed by atoms with Crippen molar-refractivity contribution >= 4 is 39.9 Å². The van der Waals surface area contributed by atoms with Crippen LogP contribution in [0.3, 0.4) is 0 Å². The molecule has 0 bridgehead atoms. The summed E-state index contributed by atoms with van der Waals surface area (Å²) in [6.07, 6.45) is 0. The topological polar surface area (TPSA) is 34.0 Å². The molecule has 2 rings (SSSR count). The lowest BCUT2D eigenvalue weighted by Gasteiger charge is -2.10. The molecule has 0 fully saturated rings. The highest BCUT2D eigenvalue weighted by Crippen LogP contribution is 2.24. The van der Waals surface area contributed by atoms with Gasteiger partial charge in [-0.15, -0.1) is 11.3 Å². The first kappa shape index (κ1) is 10.5. The molecule has 0 unspecified atom stereocenters. The lowest BCUT2D eigenvalue weighted by Crippen LogP contribution is -2.13. The smallest absolute Gasteiger partial charge is 0.227 e. The van der Waals surface area contributed by atoms with Gasteiger partial charge in [-0.1, -0.05) is 0 Å². The molecule has 0 N–H and O–H groups in total. The zero-order valence-corrected chi connectivity index (χ0v) is 10.7. The molecular formula is C9H12N4S2. The van der Waals surface area contributed by atoms with Crippen LogP contribution in [0.25, 0.3) is 10.3 Å². The molecule has 2 heterocycles. The number of anilines is 1. The molecule has 0 saturated heterocycles. The Morgan fingerprint density at radius 1 is 1.33 bits per heavy atom. The van der Waals surface area contributed by atoms with Crippen molar-refractivity contribution < 1.29 is 0 Å². The van der Waals surface area contributed by atoms with E-state index in [-0.39, 0.29) is 0 Å². The minimum atomic E-state index is 0.725. The monoisotopic (exact) mass is 240 g/mol. The van der Waals surface area contributed by atoms with Crippen molar-refractivity contribution in [2.24, 2.45) is 7.05 Å². The molecular weight excluding hydrogens is 228 g/mol. The third-order valence-corrected chi connectivity index (χ3v) is 3.84. The van der Waals surface area contributed by atoms with Gasteiger partial charge in [0.25, 0.3) is 0 Å². The molecule has 4 nitrogen and oxygen atoms in total. The van der Waals surface area contributed by atoms with Crippen LogP contribution in [0.1, 0.15) is 5.69 Å². The normalized spacial score (nSPS) is 10.9. The molecule has 15 heavy (non-hydrogen) atoms. The van der Waals surface area contributed by atoms with E-state index in [1.54, 1.807) is 11.3 Å². The standard InChI is InChI=1S/C9H12N4S2/c1-5-6-7(13(4)9(14)15-6)11-8(10-5)12(2)3/h1-4H3. The summed E-state index contributed by atoms with van der Waals surface area (Å²) in [5.74, 6) is 0.725. The van der Waals surface area contributed by atoms with Gasteiger partial charge in [0.15, 0.2) is 9.60 Å². The Morgan fingerprint density at radius 3 is 2.60 bits per heavy atom. The molecule has 0 spiro atoms. The molecule has 0 amide bonds. The maximum atomic E-state index is 5.22. The third kappa shape index (κ3) is 1.63. The molecule has 80 valence electrons. The molecule has 0 aromatic carbocycles. The fourth-order valence-corrected chi connectivity index (χ4v) is 2.52. The number of aryl methyl sites for hydroxylation is 2. The third-order valence-electron chi connectivity index (χ3n) is 2.19. The fourth-order valence-electron chi connectivity index (χ4n) is 1.32. The van der Waals surface area contributed by atoms with Crippen molar-refractivity contribution in [1.82, 2.24) is 14.5 Å². The van der Waals surface area contributed by atoms with Gasteiger partial charge >= 0.3 is 0 Å². The Hall–Kier alpha value is -1.01. The maximum absolute atomic E-state index is 5.22. The van der Waals surface area contributed by atoms with E-state index >= 15 is 0 Å². The van der Waals surface area contributed by atoms with Gasteiger partial charge in [0.2, 0.25) is 5.95 Å². The van der Waals surface area contributed by atoms with Crippen molar-refractivity contribution in [3.63, 3.8) is 0 Å². The van der Waals surface area contributed by atoms with Gasteiger partial charge in [-0.25, -0.2) is 4.98 Å². The van der Waals surface area contributed by atoms with Crippen LogP contribution < -0.4 is 4.90 Å². The summed E-state index contributed by atoms with van der Waals surface area (Å²) in [6.45, 7) is 1.99. The van der Waals surface area contributed by atoms with E-state index in [2.05, 4.69) is 9.97 Å². The second-order valence-corrected chi connectivity index (χ2v) is 5.23. The number of fused-ring (bicyclic) bond motifs is 1. The van der Waals surface area contributed by atoms with Crippen LogP contribution in [0.4, 0.5) is 5.95 Å². The molecule has 0 aliphatic carbocycles. The van der Waals surface area contributed by atoms with Gasteiger partial charge in [-0.3, -0.25) is 0 Å². The largest absolute Gasteiger partial charge is 0.347 e. The Kier molecular flexibility index (Phi) is 2.47. The van der Waals surface area contributed by atoms with Crippen LogP contribution in [0.2, 0.25) is 0 Å². The van der Waals surface area contributed by atoms with Crippen molar-refractivity contribution in [1.29, 1.82) is 0 Å². The van der Waals surface area contributed by atoms with Crippen molar-refractivity contribution in [3.8, 4) is 0 Å². The number of nitrogens with zero attached hydrogens (tertiary/aromatic N) is 4. The first-order valence-corrected chi connectivity index (χ1v) is 5.74. The van der Waals surface area contributed by atoms with Crippen LogP contribution in [-0.2, 0) is 7.05 Å². The maximum Gasteiger partial charge on any atom is 0.227 e.